The van der Waals surface area contributed by atoms with Gasteiger partial charge in [0.15, 0.2) is 0 Å². The summed E-state index contributed by atoms with van der Waals surface area (Å²) in [7, 11) is 0. The van der Waals surface area contributed by atoms with Gasteiger partial charge in [-0.25, -0.2) is 0 Å². The molecule has 1 N–H and O–H groups in total. The Kier molecular flexibility index (Phi) is 7.60. The third kappa shape index (κ3) is 6.12. The molecule has 0 fully saturated rings. The van der Waals surface area contributed by atoms with Crippen LogP contribution in [0.4, 0.5) is 0 Å². The second-order valence-corrected chi connectivity index (χ2v) is 5.09. The van der Waals surface area contributed by atoms with Crippen molar-refractivity contribution in [2.45, 2.75) is 52.6 Å². The summed E-state index contributed by atoms with van der Waals surface area (Å²) in [6, 6.07) is 0.768. The Morgan fingerprint density at radius 1 is 1.21 bits per heavy atom. The van der Waals surface area contributed by atoms with Crippen LogP contribution in [-0.2, 0) is 0 Å². The van der Waals surface area contributed by atoms with Gasteiger partial charge in [0.2, 0.25) is 0 Å². The van der Waals surface area contributed by atoms with Crippen molar-refractivity contribution >= 4 is 0 Å². The van der Waals surface area contributed by atoms with Crippen LogP contribution in [0.3, 0.4) is 0 Å². The Labute approximate surface area is 117 Å². The average molecular weight is 264 g/mol. The van der Waals surface area contributed by atoms with Crippen molar-refractivity contribution in [2.24, 2.45) is 0 Å². The molecule has 4 nitrogen and oxygen atoms in total. The Morgan fingerprint density at radius 2 is 1.95 bits per heavy atom. The summed E-state index contributed by atoms with van der Waals surface area (Å²) < 4.78 is 0. The summed E-state index contributed by atoms with van der Waals surface area (Å²) in [4.78, 5) is 10.9. The van der Waals surface area contributed by atoms with Gasteiger partial charge in [0, 0.05) is 30.7 Å². The molecule has 2 atom stereocenters. The van der Waals surface area contributed by atoms with Gasteiger partial charge in [-0.3, -0.25) is 9.97 Å². The first kappa shape index (κ1) is 16.1. The van der Waals surface area contributed by atoms with Gasteiger partial charge in [-0.1, -0.05) is 13.8 Å². The van der Waals surface area contributed by atoms with E-state index in [1.165, 1.54) is 19.4 Å². The molecule has 0 aliphatic rings. The van der Waals surface area contributed by atoms with Gasteiger partial charge in [0.1, 0.15) is 0 Å². The van der Waals surface area contributed by atoms with E-state index in [-0.39, 0.29) is 6.04 Å². The normalized spacial score (nSPS) is 14.6. The molecular formula is C15H28N4. The van der Waals surface area contributed by atoms with E-state index in [4.69, 9.17) is 0 Å². The van der Waals surface area contributed by atoms with Crippen LogP contribution in [-0.4, -0.2) is 40.5 Å². The molecule has 1 aromatic heterocycles. The van der Waals surface area contributed by atoms with E-state index in [9.17, 15) is 0 Å². The molecule has 19 heavy (non-hydrogen) atoms. The number of nitrogens with one attached hydrogen (secondary N) is 1. The lowest BCUT2D eigenvalue weighted by Crippen LogP contribution is -2.31. The van der Waals surface area contributed by atoms with Crippen molar-refractivity contribution in [3.8, 4) is 0 Å². The standard InChI is InChI=1S/C15H28N4/c1-5-19(6-2)11-7-8-13(3)18-14(4)15-12-16-9-10-17-15/h9-10,12-14,18H,5-8,11H2,1-4H3. The van der Waals surface area contributed by atoms with Crippen molar-refractivity contribution in [1.29, 1.82) is 0 Å². The van der Waals surface area contributed by atoms with Crippen LogP contribution in [0.5, 0.6) is 0 Å². The first-order valence-corrected chi connectivity index (χ1v) is 7.41. The highest BCUT2D eigenvalue weighted by Crippen LogP contribution is 2.10. The minimum Gasteiger partial charge on any atom is -0.306 e. The van der Waals surface area contributed by atoms with E-state index in [0.29, 0.717) is 6.04 Å². The van der Waals surface area contributed by atoms with Gasteiger partial charge < -0.3 is 10.2 Å². The Bertz CT molecular complexity index is 324. The van der Waals surface area contributed by atoms with E-state index in [2.05, 4.69) is 47.9 Å². The molecular weight excluding hydrogens is 236 g/mol. The Hall–Kier alpha value is -1.00. The van der Waals surface area contributed by atoms with Crippen LogP contribution in [0, 0.1) is 0 Å². The monoisotopic (exact) mass is 264 g/mol. The molecule has 0 radical (unpaired) electrons. The van der Waals surface area contributed by atoms with E-state index < -0.39 is 0 Å². The summed E-state index contributed by atoms with van der Waals surface area (Å²) in [5.74, 6) is 0. The third-order valence-electron chi connectivity index (χ3n) is 3.57. The highest BCUT2D eigenvalue weighted by atomic mass is 15.1. The highest BCUT2D eigenvalue weighted by molar-refractivity contribution is 5.00. The molecule has 0 aromatic carbocycles. The number of nitrogens with zero attached hydrogens (tertiary/aromatic N) is 3. The van der Waals surface area contributed by atoms with Crippen molar-refractivity contribution in [1.82, 2.24) is 20.2 Å². The number of aromatic nitrogens is 2. The van der Waals surface area contributed by atoms with E-state index in [1.54, 1.807) is 12.4 Å². The van der Waals surface area contributed by atoms with Gasteiger partial charge in [0.25, 0.3) is 0 Å². The molecule has 108 valence electrons. The minimum absolute atomic E-state index is 0.261. The number of hydrogen-bond donors (Lipinski definition) is 1. The molecule has 1 aromatic rings. The molecule has 0 aliphatic heterocycles. The fourth-order valence-corrected chi connectivity index (χ4v) is 2.29. The van der Waals surface area contributed by atoms with Crippen molar-refractivity contribution in [3.05, 3.63) is 24.3 Å². The largest absolute Gasteiger partial charge is 0.306 e. The van der Waals surface area contributed by atoms with Crippen LogP contribution in [0.15, 0.2) is 18.6 Å². The fourth-order valence-electron chi connectivity index (χ4n) is 2.29. The Morgan fingerprint density at radius 3 is 2.53 bits per heavy atom. The fraction of sp³-hybridized carbons (Fsp3) is 0.733. The van der Waals surface area contributed by atoms with Gasteiger partial charge in [-0.2, -0.15) is 0 Å². The van der Waals surface area contributed by atoms with E-state index >= 15 is 0 Å². The van der Waals surface area contributed by atoms with Crippen molar-refractivity contribution in [2.75, 3.05) is 19.6 Å². The molecule has 0 saturated carbocycles. The van der Waals surface area contributed by atoms with Crippen LogP contribution >= 0.6 is 0 Å². The van der Waals surface area contributed by atoms with Crippen LogP contribution in [0.25, 0.3) is 0 Å². The maximum atomic E-state index is 4.33. The summed E-state index contributed by atoms with van der Waals surface area (Å²) >= 11 is 0. The number of hydrogen-bond acceptors (Lipinski definition) is 4. The van der Waals surface area contributed by atoms with E-state index in [1.807, 2.05) is 6.20 Å². The molecule has 0 amide bonds. The predicted molar refractivity (Wildman–Crippen MR) is 80.1 cm³/mol. The van der Waals surface area contributed by atoms with Gasteiger partial charge in [-0.05, 0) is 46.3 Å². The zero-order valence-corrected chi connectivity index (χ0v) is 12.8. The zero-order valence-electron chi connectivity index (χ0n) is 12.8. The molecule has 0 spiro atoms. The molecule has 0 aliphatic carbocycles. The van der Waals surface area contributed by atoms with Gasteiger partial charge in [-0.15, -0.1) is 0 Å². The minimum atomic E-state index is 0.261. The van der Waals surface area contributed by atoms with E-state index in [0.717, 1.165) is 18.8 Å². The van der Waals surface area contributed by atoms with Crippen molar-refractivity contribution in [3.63, 3.8) is 0 Å². The second-order valence-electron chi connectivity index (χ2n) is 5.09. The third-order valence-corrected chi connectivity index (χ3v) is 3.57. The molecule has 1 heterocycles. The van der Waals surface area contributed by atoms with Crippen LogP contribution in [0.2, 0.25) is 0 Å². The Balaban J connectivity index is 2.25. The van der Waals surface area contributed by atoms with Gasteiger partial charge >= 0.3 is 0 Å². The number of rotatable bonds is 9. The summed E-state index contributed by atoms with van der Waals surface area (Å²) in [5, 5.41) is 3.58. The molecule has 1 rings (SSSR count). The quantitative estimate of drug-likeness (QED) is 0.744. The lowest BCUT2D eigenvalue weighted by Gasteiger charge is -2.22. The first-order chi connectivity index (χ1) is 9.17. The second kappa shape index (κ2) is 8.99. The van der Waals surface area contributed by atoms with Crippen molar-refractivity contribution < 1.29 is 0 Å². The van der Waals surface area contributed by atoms with Crippen LogP contribution in [0.1, 0.15) is 52.3 Å². The average Bonchev–Trinajstić information content (AvgIpc) is 2.44. The molecule has 0 saturated heterocycles. The smallest absolute Gasteiger partial charge is 0.0753 e. The molecule has 4 heteroatoms. The lowest BCUT2D eigenvalue weighted by molar-refractivity contribution is 0.288. The molecule has 0 bridgehead atoms. The topological polar surface area (TPSA) is 41.0 Å². The summed E-state index contributed by atoms with van der Waals surface area (Å²) in [6.07, 6.45) is 7.73. The highest BCUT2D eigenvalue weighted by Gasteiger charge is 2.10. The van der Waals surface area contributed by atoms with Crippen LogP contribution < -0.4 is 5.32 Å². The maximum Gasteiger partial charge on any atom is 0.0753 e. The zero-order chi connectivity index (χ0) is 14.1. The first-order valence-electron chi connectivity index (χ1n) is 7.41. The van der Waals surface area contributed by atoms with Gasteiger partial charge in [0.05, 0.1) is 5.69 Å². The maximum absolute atomic E-state index is 4.33. The summed E-state index contributed by atoms with van der Waals surface area (Å²) in [6.45, 7) is 12.3. The SMILES string of the molecule is CCN(CC)CCCC(C)NC(C)c1cnccn1. The summed E-state index contributed by atoms with van der Waals surface area (Å²) in [5.41, 5.74) is 1.01. The molecule has 2 unspecified atom stereocenters. The lowest BCUT2D eigenvalue weighted by atomic mass is 10.1. The predicted octanol–water partition coefficient (Wildman–Crippen LogP) is 2.64.